The average molecular weight is 365 g/mol. The number of hydrogen-bond acceptors (Lipinski definition) is 3. The molecular formula is C20H29ClN2O2. The van der Waals surface area contributed by atoms with Crippen LogP contribution < -0.4 is 11.1 Å². The molecule has 1 aromatic rings. The molecule has 0 saturated heterocycles. The highest BCUT2D eigenvalue weighted by Gasteiger charge is 2.40. The minimum absolute atomic E-state index is 0.0836. The molecule has 1 aromatic carbocycles. The lowest BCUT2D eigenvalue weighted by Crippen LogP contribution is -2.50. The molecule has 0 spiro atoms. The Morgan fingerprint density at radius 2 is 1.84 bits per heavy atom. The molecule has 5 heteroatoms. The van der Waals surface area contributed by atoms with Crippen LogP contribution in [0.25, 0.3) is 0 Å². The number of rotatable bonds is 5. The molecule has 2 aliphatic carbocycles. The maximum Gasteiger partial charge on any atom is 0.223 e. The van der Waals surface area contributed by atoms with E-state index in [9.17, 15) is 4.79 Å². The standard InChI is InChI=1S/C20H29ClN2O2/c1-12(19(25-2)13-6-8-17(21)9-7-13)23-20(24)16-10-14-4-3-5-15(11-16)18(14)22/h6-9,12,14-16,18-19H,3-5,10-11,22H2,1-2H3,(H,23,24). The summed E-state index contributed by atoms with van der Waals surface area (Å²) >= 11 is 5.96. The highest BCUT2D eigenvalue weighted by molar-refractivity contribution is 6.30. The number of ether oxygens (including phenoxy) is 1. The summed E-state index contributed by atoms with van der Waals surface area (Å²) in [7, 11) is 1.67. The largest absolute Gasteiger partial charge is 0.375 e. The molecule has 0 aliphatic heterocycles. The summed E-state index contributed by atoms with van der Waals surface area (Å²) in [5, 5.41) is 3.87. The van der Waals surface area contributed by atoms with Gasteiger partial charge in [0.15, 0.2) is 0 Å². The molecule has 4 atom stereocenters. The van der Waals surface area contributed by atoms with Gasteiger partial charge >= 0.3 is 0 Å². The summed E-state index contributed by atoms with van der Waals surface area (Å²) < 4.78 is 5.64. The van der Waals surface area contributed by atoms with Gasteiger partial charge in [-0.15, -0.1) is 0 Å². The van der Waals surface area contributed by atoms with E-state index in [0.29, 0.717) is 16.9 Å². The van der Waals surface area contributed by atoms with Crippen molar-refractivity contribution in [1.29, 1.82) is 0 Å². The smallest absolute Gasteiger partial charge is 0.223 e. The summed E-state index contributed by atoms with van der Waals surface area (Å²) in [6, 6.07) is 7.78. The first kappa shape index (κ1) is 18.7. The van der Waals surface area contributed by atoms with Crippen LogP contribution >= 0.6 is 11.6 Å². The first-order valence-corrected chi connectivity index (χ1v) is 9.71. The van der Waals surface area contributed by atoms with Crippen molar-refractivity contribution in [2.24, 2.45) is 23.5 Å². The topological polar surface area (TPSA) is 64.3 Å². The number of nitrogens with one attached hydrogen (secondary N) is 1. The molecule has 138 valence electrons. The molecule has 3 rings (SSSR count). The van der Waals surface area contributed by atoms with Crippen LogP contribution in [0.3, 0.4) is 0 Å². The van der Waals surface area contributed by atoms with Crippen LogP contribution in [-0.2, 0) is 9.53 Å². The number of carbonyl (C=O) groups is 1. The van der Waals surface area contributed by atoms with Gasteiger partial charge in [0.25, 0.3) is 0 Å². The molecule has 4 unspecified atom stereocenters. The molecule has 25 heavy (non-hydrogen) atoms. The van der Waals surface area contributed by atoms with E-state index in [2.05, 4.69) is 5.32 Å². The van der Waals surface area contributed by atoms with Crippen LogP contribution in [0.15, 0.2) is 24.3 Å². The fourth-order valence-corrected chi connectivity index (χ4v) is 4.83. The number of methoxy groups -OCH3 is 1. The highest BCUT2D eigenvalue weighted by Crippen LogP contribution is 2.42. The predicted molar refractivity (Wildman–Crippen MR) is 100 cm³/mol. The molecular weight excluding hydrogens is 336 g/mol. The van der Waals surface area contributed by atoms with Crippen molar-refractivity contribution in [3.8, 4) is 0 Å². The number of amides is 1. The number of halogens is 1. The van der Waals surface area contributed by atoms with Crippen LogP contribution in [0.5, 0.6) is 0 Å². The van der Waals surface area contributed by atoms with Crippen LogP contribution in [0, 0.1) is 17.8 Å². The molecule has 1 amide bonds. The summed E-state index contributed by atoms with van der Waals surface area (Å²) in [5.41, 5.74) is 7.36. The van der Waals surface area contributed by atoms with E-state index in [0.717, 1.165) is 18.4 Å². The molecule has 0 heterocycles. The van der Waals surface area contributed by atoms with Crippen molar-refractivity contribution in [2.75, 3.05) is 7.11 Å². The Morgan fingerprint density at radius 3 is 2.40 bits per heavy atom. The Labute approximate surface area is 155 Å². The summed E-state index contributed by atoms with van der Waals surface area (Å²) in [6.07, 6.45) is 5.26. The van der Waals surface area contributed by atoms with Gasteiger partial charge < -0.3 is 15.8 Å². The highest BCUT2D eigenvalue weighted by atomic mass is 35.5. The quantitative estimate of drug-likeness (QED) is 0.837. The Bertz CT molecular complexity index is 578. The Morgan fingerprint density at radius 1 is 1.24 bits per heavy atom. The molecule has 2 aliphatic rings. The molecule has 4 nitrogen and oxygen atoms in total. The lowest BCUT2D eigenvalue weighted by Gasteiger charge is -2.43. The third-order valence-corrected chi connectivity index (χ3v) is 6.31. The fourth-order valence-electron chi connectivity index (χ4n) is 4.70. The van der Waals surface area contributed by atoms with E-state index >= 15 is 0 Å². The molecule has 0 aromatic heterocycles. The van der Waals surface area contributed by atoms with Gasteiger partial charge in [0.05, 0.1) is 6.04 Å². The molecule has 2 fully saturated rings. The van der Waals surface area contributed by atoms with Crippen molar-refractivity contribution >= 4 is 17.5 Å². The van der Waals surface area contributed by atoms with Gasteiger partial charge in [0.2, 0.25) is 5.91 Å². The first-order valence-electron chi connectivity index (χ1n) is 9.33. The number of carbonyl (C=O) groups excluding carboxylic acids is 1. The second kappa shape index (κ2) is 8.07. The van der Waals surface area contributed by atoms with E-state index in [1.54, 1.807) is 7.11 Å². The zero-order valence-corrected chi connectivity index (χ0v) is 15.8. The Kier molecular flexibility index (Phi) is 6.03. The maximum atomic E-state index is 12.8. The number of fused-ring (bicyclic) bond motifs is 2. The van der Waals surface area contributed by atoms with Crippen molar-refractivity contribution in [3.05, 3.63) is 34.9 Å². The lowest BCUT2D eigenvalue weighted by atomic mass is 9.65. The van der Waals surface area contributed by atoms with Crippen molar-refractivity contribution in [2.45, 2.75) is 57.2 Å². The van der Waals surface area contributed by atoms with E-state index in [-0.39, 0.29) is 30.0 Å². The Hall–Kier alpha value is -1.10. The number of nitrogens with two attached hydrogens (primary N) is 1. The summed E-state index contributed by atoms with van der Waals surface area (Å²) in [6.45, 7) is 2.00. The summed E-state index contributed by atoms with van der Waals surface area (Å²) in [5.74, 6) is 1.24. The third-order valence-electron chi connectivity index (χ3n) is 6.06. The van der Waals surface area contributed by atoms with Crippen LogP contribution in [0.1, 0.15) is 50.7 Å². The van der Waals surface area contributed by atoms with Crippen LogP contribution in [0.2, 0.25) is 5.02 Å². The molecule has 3 N–H and O–H groups in total. The van der Waals surface area contributed by atoms with E-state index in [1.807, 2.05) is 31.2 Å². The van der Waals surface area contributed by atoms with Gasteiger partial charge in [-0.1, -0.05) is 30.2 Å². The minimum Gasteiger partial charge on any atom is -0.375 e. The summed E-state index contributed by atoms with van der Waals surface area (Å²) in [4.78, 5) is 12.8. The third kappa shape index (κ3) is 4.18. The average Bonchev–Trinajstić information content (AvgIpc) is 2.57. The van der Waals surface area contributed by atoms with E-state index < -0.39 is 0 Å². The van der Waals surface area contributed by atoms with Gasteiger partial charge in [-0.3, -0.25) is 4.79 Å². The SMILES string of the molecule is COC(c1ccc(Cl)cc1)C(C)NC(=O)C1CC2CCCC(C1)C2N. The molecule has 0 radical (unpaired) electrons. The minimum atomic E-state index is -0.188. The normalized spacial score (nSPS) is 31.2. The monoisotopic (exact) mass is 364 g/mol. The van der Waals surface area contributed by atoms with Crippen LogP contribution in [-0.4, -0.2) is 25.1 Å². The fraction of sp³-hybridized carbons (Fsp3) is 0.650. The first-order chi connectivity index (χ1) is 12.0. The van der Waals surface area contributed by atoms with Crippen molar-refractivity contribution in [1.82, 2.24) is 5.32 Å². The van der Waals surface area contributed by atoms with Gasteiger partial charge in [-0.05, 0) is 62.1 Å². The number of hydrogen-bond donors (Lipinski definition) is 2. The Balaban J connectivity index is 1.62. The van der Waals surface area contributed by atoms with Gasteiger partial charge in [0, 0.05) is 24.1 Å². The van der Waals surface area contributed by atoms with Crippen molar-refractivity contribution in [3.63, 3.8) is 0 Å². The second-order valence-corrected chi connectivity index (χ2v) is 8.14. The lowest BCUT2D eigenvalue weighted by molar-refractivity contribution is -0.129. The van der Waals surface area contributed by atoms with Crippen molar-refractivity contribution < 1.29 is 9.53 Å². The van der Waals surface area contributed by atoms with Gasteiger partial charge in [0.1, 0.15) is 6.10 Å². The maximum absolute atomic E-state index is 12.8. The van der Waals surface area contributed by atoms with E-state index in [1.165, 1.54) is 19.3 Å². The molecule has 2 saturated carbocycles. The van der Waals surface area contributed by atoms with Gasteiger partial charge in [-0.2, -0.15) is 0 Å². The predicted octanol–water partition coefficient (Wildman–Crippen LogP) is 3.69. The van der Waals surface area contributed by atoms with Crippen LogP contribution in [0.4, 0.5) is 0 Å². The number of benzene rings is 1. The zero-order chi connectivity index (χ0) is 18.0. The van der Waals surface area contributed by atoms with Gasteiger partial charge in [-0.25, -0.2) is 0 Å². The second-order valence-electron chi connectivity index (χ2n) is 7.70. The van der Waals surface area contributed by atoms with E-state index in [4.69, 9.17) is 22.1 Å². The molecule has 2 bridgehead atoms. The zero-order valence-electron chi connectivity index (χ0n) is 15.1.